The van der Waals surface area contributed by atoms with E-state index in [0.717, 1.165) is 11.1 Å². The molecule has 6 atom stereocenters. The number of nitrogens with zero attached hydrogens (tertiary/aromatic N) is 5. The predicted molar refractivity (Wildman–Crippen MR) is 242 cm³/mol. The SMILES string of the molecule is COC(=O)C(CC#Cc1ccc2c(c1)C1(C(=O)N2)C(C(=O)N2CCN(c3ncccn3)CC2)C2C(=O)OC(c3ccccc3)C(c3ccccc3)N2C1c1cccc(OCCO)c1)C(=O)OC. The highest BCUT2D eigenvalue weighted by atomic mass is 16.6. The quantitative estimate of drug-likeness (QED) is 0.0832. The molecule has 1 spiro atoms. The molecule has 1 aromatic heterocycles. The van der Waals surface area contributed by atoms with E-state index < -0.39 is 71.2 Å². The number of anilines is 2. The van der Waals surface area contributed by atoms with Crippen molar-refractivity contribution in [3.63, 3.8) is 0 Å². The van der Waals surface area contributed by atoms with Crippen molar-refractivity contribution in [3.05, 3.63) is 149 Å². The lowest BCUT2D eigenvalue weighted by atomic mass is 9.65. The number of hydrogen-bond donors (Lipinski definition) is 2. The smallest absolute Gasteiger partial charge is 0.324 e. The largest absolute Gasteiger partial charge is 0.491 e. The fraction of sp³-hybridized carbons (Fsp3) is 0.314. The van der Waals surface area contributed by atoms with Crippen molar-refractivity contribution in [1.29, 1.82) is 0 Å². The summed E-state index contributed by atoms with van der Waals surface area (Å²) in [6.45, 7) is 1.04. The Hall–Kier alpha value is -7.61. The highest BCUT2D eigenvalue weighted by molar-refractivity contribution is 6.12. The van der Waals surface area contributed by atoms with Gasteiger partial charge in [-0.15, -0.1) is 0 Å². The zero-order chi connectivity index (χ0) is 46.7. The molecule has 9 rings (SSSR count). The fourth-order valence-electron chi connectivity index (χ4n) is 10.2. The molecule has 4 aliphatic rings. The van der Waals surface area contributed by atoms with Crippen molar-refractivity contribution >= 4 is 41.4 Å². The molecule has 5 aromatic rings. The van der Waals surface area contributed by atoms with Gasteiger partial charge in [0.15, 0.2) is 5.92 Å². The van der Waals surface area contributed by atoms with Crippen LogP contribution in [-0.4, -0.2) is 114 Å². The number of fused-ring (bicyclic) bond motifs is 3. The number of benzene rings is 4. The second-order valence-electron chi connectivity index (χ2n) is 16.6. The summed E-state index contributed by atoms with van der Waals surface area (Å²) in [5.74, 6) is 1.09. The Labute approximate surface area is 386 Å². The van der Waals surface area contributed by atoms with E-state index in [0.29, 0.717) is 47.2 Å². The van der Waals surface area contributed by atoms with Crippen LogP contribution in [0, 0.1) is 23.7 Å². The van der Waals surface area contributed by atoms with E-state index in [1.165, 1.54) is 14.2 Å². The topological polar surface area (TPSA) is 190 Å². The summed E-state index contributed by atoms with van der Waals surface area (Å²) >= 11 is 0. The molecule has 16 nitrogen and oxygen atoms in total. The summed E-state index contributed by atoms with van der Waals surface area (Å²) in [6, 6.07) is 30.0. The third-order valence-electron chi connectivity index (χ3n) is 13.0. The van der Waals surface area contributed by atoms with Gasteiger partial charge in [0.05, 0.1) is 38.8 Å². The van der Waals surface area contributed by atoms with Crippen LogP contribution in [0.4, 0.5) is 11.6 Å². The zero-order valence-electron chi connectivity index (χ0n) is 36.8. The Bertz CT molecular complexity index is 2710. The number of aliphatic hydroxyl groups is 1. The molecule has 4 aliphatic heterocycles. The molecule has 0 aliphatic carbocycles. The molecule has 2 amide bonds. The number of carbonyl (C=O) groups is 5. The summed E-state index contributed by atoms with van der Waals surface area (Å²) < 4.78 is 22.2. The first-order valence-corrected chi connectivity index (χ1v) is 22.0. The van der Waals surface area contributed by atoms with Gasteiger partial charge in [0.25, 0.3) is 0 Å². The summed E-state index contributed by atoms with van der Waals surface area (Å²) in [4.78, 5) is 86.6. The number of esters is 3. The van der Waals surface area contributed by atoms with Crippen molar-refractivity contribution in [2.24, 2.45) is 11.8 Å². The molecule has 0 saturated carbocycles. The molecule has 0 radical (unpaired) electrons. The highest BCUT2D eigenvalue weighted by Crippen LogP contribution is 2.65. The number of piperazine rings is 1. The molecular weight excluding hydrogens is 857 g/mol. The van der Waals surface area contributed by atoms with Crippen LogP contribution in [0.3, 0.4) is 0 Å². The van der Waals surface area contributed by atoms with E-state index in [1.54, 1.807) is 59.8 Å². The van der Waals surface area contributed by atoms with Gasteiger partial charge in [-0.25, -0.2) is 9.97 Å². The summed E-state index contributed by atoms with van der Waals surface area (Å²) in [7, 11) is 2.34. The van der Waals surface area contributed by atoms with Crippen LogP contribution in [0.25, 0.3) is 0 Å². The van der Waals surface area contributed by atoms with Crippen molar-refractivity contribution in [1.82, 2.24) is 19.8 Å². The van der Waals surface area contributed by atoms with Crippen molar-refractivity contribution < 1.29 is 48.0 Å². The molecule has 3 saturated heterocycles. The number of aliphatic hydroxyl groups excluding tert-OH is 1. The van der Waals surface area contributed by atoms with Crippen molar-refractivity contribution in [2.45, 2.75) is 36.1 Å². The third kappa shape index (κ3) is 8.10. The van der Waals surface area contributed by atoms with E-state index >= 15 is 14.4 Å². The van der Waals surface area contributed by atoms with Crippen LogP contribution >= 0.6 is 0 Å². The van der Waals surface area contributed by atoms with E-state index in [9.17, 15) is 14.7 Å². The molecule has 67 heavy (non-hydrogen) atoms. The number of aromatic nitrogens is 2. The lowest BCUT2D eigenvalue weighted by Crippen LogP contribution is -2.58. The van der Waals surface area contributed by atoms with Crippen LogP contribution in [-0.2, 0) is 43.6 Å². The number of nitrogens with one attached hydrogen (secondary N) is 1. The zero-order valence-corrected chi connectivity index (χ0v) is 36.8. The second-order valence-corrected chi connectivity index (χ2v) is 16.6. The summed E-state index contributed by atoms with van der Waals surface area (Å²) in [6.07, 6.45) is 2.23. The molecule has 4 aromatic carbocycles. The van der Waals surface area contributed by atoms with Gasteiger partial charge in [0.1, 0.15) is 29.9 Å². The van der Waals surface area contributed by atoms with Gasteiger partial charge in [-0.2, -0.15) is 0 Å². The van der Waals surface area contributed by atoms with Crippen LogP contribution in [0.15, 0.2) is 122 Å². The summed E-state index contributed by atoms with van der Waals surface area (Å²) in [5, 5.41) is 12.9. The van der Waals surface area contributed by atoms with Crippen molar-refractivity contribution in [2.75, 3.05) is 63.8 Å². The second kappa shape index (κ2) is 19.1. The Morgan fingerprint density at radius 1 is 0.821 bits per heavy atom. The standard InChI is InChI=1S/C51H48N6O10/c1-64-46(60)37(47(61)65-2)19-9-12-32-20-21-39-38(30-32)51(49(63)54-39)40(45(59)55-24-26-56(27-25-55)50-52-22-11-23-53-50)42-48(62)67-43(34-15-7-4-8-16-34)41(33-13-5-3-6-14-33)57(42)44(51)35-17-10-18-36(31-35)66-29-28-58/h3-8,10-11,13-18,20-23,30-31,37,40-44,58H,19,24-29H2,1-2H3,(H,54,63). The Kier molecular flexibility index (Phi) is 12.7. The average molecular weight is 905 g/mol. The number of rotatable bonds is 11. The normalized spacial score (nSPS) is 23.1. The minimum Gasteiger partial charge on any atom is -0.491 e. The highest BCUT2D eigenvalue weighted by Gasteiger charge is 2.74. The van der Waals surface area contributed by atoms with Crippen LogP contribution in [0.2, 0.25) is 0 Å². The van der Waals surface area contributed by atoms with Gasteiger partial charge in [-0.3, -0.25) is 28.9 Å². The third-order valence-corrected chi connectivity index (χ3v) is 13.0. The van der Waals surface area contributed by atoms with E-state index in [-0.39, 0.29) is 32.7 Å². The fourth-order valence-corrected chi connectivity index (χ4v) is 10.2. The van der Waals surface area contributed by atoms with E-state index in [2.05, 4.69) is 27.1 Å². The number of carbonyl (C=O) groups excluding carboxylic acids is 5. The Morgan fingerprint density at radius 3 is 2.16 bits per heavy atom. The first-order chi connectivity index (χ1) is 32.7. The molecule has 2 N–H and O–H groups in total. The number of hydrogen-bond acceptors (Lipinski definition) is 14. The average Bonchev–Trinajstić information content (AvgIpc) is 3.85. The maximum Gasteiger partial charge on any atom is 0.324 e. The molecule has 3 fully saturated rings. The number of cyclic esters (lactones) is 1. The van der Waals surface area contributed by atoms with Crippen LogP contribution in [0.5, 0.6) is 5.75 Å². The molecule has 6 unspecified atom stereocenters. The van der Waals surface area contributed by atoms with Gasteiger partial charge in [0, 0.05) is 56.2 Å². The summed E-state index contributed by atoms with van der Waals surface area (Å²) in [5.41, 5.74) is 1.52. The van der Waals surface area contributed by atoms with Gasteiger partial charge in [-0.1, -0.05) is 84.6 Å². The number of amides is 2. The maximum absolute atomic E-state index is 16.0. The number of morpholine rings is 1. The minimum atomic E-state index is -1.82. The van der Waals surface area contributed by atoms with Gasteiger partial charge in [-0.05, 0) is 58.7 Å². The number of methoxy groups -OCH3 is 2. The van der Waals surface area contributed by atoms with Gasteiger partial charge >= 0.3 is 17.9 Å². The molecule has 0 bridgehead atoms. The van der Waals surface area contributed by atoms with Crippen molar-refractivity contribution in [3.8, 4) is 17.6 Å². The Morgan fingerprint density at radius 2 is 1.49 bits per heavy atom. The van der Waals surface area contributed by atoms with Gasteiger partial charge in [0.2, 0.25) is 17.8 Å². The minimum absolute atomic E-state index is 0.0000773. The van der Waals surface area contributed by atoms with E-state index in [1.807, 2.05) is 76.5 Å². The van der Waals surface area contributed by atoms with Gasteiger partial charge < -0.3 is 39.2 Å². The maximum atomic E-state index is 16.0. The Balaban J connectivity index is 1.26. The first kappa shape index (κ1) is 44.6. The lowest BCUT2D eigenvalue weighted by molar-refractivity contribution is -0.179. The van der Waals surface area contributed by atoms with Crippen LogP contribution < -0.4 is 15.0 Å². The first-order valence-electron chi connectivity index (χ1n) is 22.0. The molecule has 5 heterocycles. The number of ether oxygens (including phenoxy) is 4. The molecular formula is C51H48N6O10. The monoisotopic (exact) mass is 904 g/mol. The molecule has 16 heteroatoms. The van der Waals surface area contributed by atoms with Crippen LogP contribution in [0.1, 0.15) is 52.4 Å². The predicted octanol–water partition coefficient (Wildman–Crippen LogP) is 4.17. The molecule has 342 valence electrons. The van der Waals surface area contributed by atoms with E-state index in [4.69, 9.17) is 18.9 Å². The lowest BCUT2D eigenvalue weighted by Gasteiger charge is -2.46.